The summed E-state index contributed by atoms with van der Waals surface area (Å²) in [6.07, 6.45) is 5.85. The maximum Gasteiger partial charge on any atom is 0.266 e. The van der Waals surface area contributed by atoms with Gasteiger partial charge in [0, 0.05) is 5.69 Å². The summed E-state index contributed by atoms with van der Waals surface area (Å²) in [4.78, 5) is 12.5. The summed E-state index contributed by atoms with van der Waals surface area (Å²) in [6, 6.07) is 12.7. The smallest absolute Gasteiger partial charge is 0.266 e. The van der Waals surface area contributed by atoms with Gasteiger partial charge in [0.1, 0.15) is 11.6 Å². The van der Waals surface area contributed by atoms with Crippen molar-refractivity contribution in [2.75, 3.05) is 18.5 Å². The van der Waals surface area contributed by atoms with Crippen molar-refractivity contribution < 1.29 is 14.3 Å². The van der Waals surface area contributed by atoms with Crippen molar-refractivity contribution in [3.63, 3.8) is 0 Å². The fourth-order valence-corrected chi connectivity index (χ4v) is 3.20. The van der Waals surface area contributed by atoms with E-state index in [9.17, 15) is 10.1 Å². The number of anilines is 1. The molecule has 0 atom stereocenters. The molecule has 2 aromatic rings. The summed E-state index contributed by atoms with van der Waals surface area (Å²) >= 11 is 6.44. The number of aryl methyl sites for hydroxylation is 1. The van der Waals surface area contributed by atoms with Crippen LogP contribution in [0.5, 0.6) is 11.5 Å². The first kappa shape index (κ1) is 24.3. The Labute approximate surface area is 189 Å². The third-order valence-electron chi connectivity index (χ3n) is 4.56. The quantitative estimate of drug-likeness (QED) is 0.244. The number of halogens is 1. The predicted octanol–water partition coefficient (Wildman–Crippen LogP) is 6.55. The van der Waals surface area contributed by atoms with Gasteiger partial charge in [-0.05, 0) is 56.2 Å². The summed E-state index contributed by atoms with van der Waals surface area (Å²) in [5, 5.41) is 12.6. The molecule has 0 bridgehead atoms. The van der Waals surface area contributed by atoms with Crippen molar-refractivity contribution in [1.82, 2.24) is 0 Å². The van der Waals surface area contributed by atoms with Crippen LogP contribution in [0.2, 0.25) is 5.02 Å². The lowest BCUT2D eigenvalue weighted by molar-refractivity contribution is -0.112. The molecule has 164 valence electrons. The van der Waals surface area contributed by atoms with E-state index in [4.69, 9.17) is 21.1 Å². The van der Waals surface area contributed by atoms with E-state index in [0.717, 1.165) is 24.8 Å². The molecular weight excluding hydrogens is 412 g/mol. The molecule has 5 nitrogen and oxygen atoms in total. The van der Waals surface area contributed by atoms with Gasteiger partial charge in [0.2, 0.25) is 0 Å². The van der Waals surface area contributed by atoms with E-state index in [1.54, 1.807) is 24.3 Å². The van der Waals surface area contributed by atoms with Gasteiger partial charge < -0.3 is 14.8 Å². The molecule has 0 aliphatic rings. The number of hydrogen-bond donors (Lipinski definition) is 1. The molecule has 0 fully saturated rings. The van der Waals surface area contributed by atoms with Gasteiger partial charge in [-0.1, -0.05) is 55.5 Å². The molecule has 2 aromatic carbocycles. The van der Waals surface area contributed by atoms with Crippen LogP contribution in [-0.4, -0.2) is 19.1 Å². The number of carbonyl (C=O) groups excluding carboxylic acids is 1. The van der Waals surface area contributed by atoms with E-state index in [1.165, 1.54) is 12.5 Å². The molecule has 0 aliphatic heterocycles. The lowest BCUT2D eigenvalue weighted by atomic mass is 10.1. The summed E-state index contributed by atoms with van der Waals surface area (Å²) in [6.45, 7) is 6.99. The second-order valence-corrected chi connectivity index (χ2v) is 7.57. The Morgan fingerprint density at radius 3 is 2.52 bits per heavy atom. The normalized spacial score (nSPS) is 11.0. The highest BCUT2D eigenvalue weighted by atomic mass is 35.5. The third-order valence-corrected chi connectivity index (χ3v) is 4.84. The average molecular weight is 441 g/mol. The molecule has 0 radical (unpaired) electrons. The Balaban J connectivity index is 2.20. The fraction of sp³-hybridized carbons (Fsp3) is 0.360. The second-order valence-electron chi connectivity index (χ2n) is 7.16. The van der Waals surface area contributed by atoms with E-state index in [-0.39, 0.29) is 5.57 Å². The topological polar surface area (TPSA) is 71.3 Å². The molecule has 0 saturated carbocycles. The van der Waals surface area contributed by atoms with Crippen molar-refractivity contribution in [3.8, 4) is 17.6 Å². The highest BCUT2D eigenvalue weighted by molar-refractivity contribution is 6.32. The number of hydrogen-bond acceptors (Lipinski definition) is 4. The zero-order valence-electron chi connectivity index (χ0n) is 18.3. The van der Waals surface area contributed by atoms with Crippen molar-refractivity contribution in [2.24, 2.45) is 0 Å². The summed E-state index contributed by atoms with van der Waals surface area (Å²) in [7, 11) is 0. The Kier molecular flexibility index (Phi) is 9.93. The standard InChI is InChI=1S/C25H29ClN2O3/c1-4-6-7-8-13-31-24-22(26)15-19(16-23(24)30-5-2)14-20(17-27)25(29)28-21-11-9-18(3)10-12-21/h9-12,14-16H,4-8,13H2,1-3H3,(H,28,29)/b20-14-. The number of unbranched alkanes of at least 4 members (excludes halogenated alkanes) is 3. The molecule has 0 heterocycles. The Morgan fingerprint density at radius 2 is 1.87 bits per heavy atom. The first-order valence-electron chi connectivity index (χ1n) is 10.6. The molecular formula is C25H29ClN2O3. The Morgan fingerprint density at radius 1 is 1.13 bits per heavy atom. The first-order chi connectivity index (χ1) is 15.0. The first-order valence-corrected chi connectivity index (χ1v) is 10.9. The van der Waals surface area contributed by atoms with Crippen molar-refractivity contribution in [1.29, 1.82) is 5.26 Å². The van der Waals surface area contributed by atoms with Gasteiger partial charge in [-0.2, -0.15) is 5.26 Å². The number of nitriles is 1. The summed E-state index contributed by atoms with van der Waals surface area (Å²) < 4.78 is 11.6. The van der Waals surface area contributed by atoms with Gasteiger partial charge in [0.05, 0.1) is 18.2 Å². The number of benzene rings is 2. The fourth-order valence-electron chi connectivity index (χ4n) is 2.93. The van der Waals surface area contributed by atoms with Crippen LogP contribution in [0.4, 0.5) is 5.69 Å². The van der Waals surface area contributed by atoms with Gasteiger partial charge in [0.25, 0.3) is 5.91 Å². The molecule has 2 rings (SSSR count). The number of nitrogens with zero attached hydrogens (tertiary/aromatic N) is 1. The van der Waals surface area contributed by atoms with E-state index in [1.807, 2.05) is 32.0 Å². The zero-order chi connectivity index (χ0) is 22.6. The van der Waals surface area contributed by atoms with Crippen molar-refractivity contribution in [3.05, 3.63) is 58.1 Å². The van der Waals surface area contributed by atoms with E-state index in [2.05, 4.69) is 12.2 Å². The SMILES string of the molecule is CCCCCCOc1c(Cl)cc(/C=C(/C#N)C(=O)Nc2ccc(C)cc2)cc1OCC. The highest BCUT2D eigenvalue weighted by Crippen LogP contribution is 2.37. The van der Waals surface area contributed by atoms with Crippen molar-refractivity contribution >= 4 is 29.3 Å². The Hall–Kier alpha value is -2.97. The maximum absolute atomic E-state index is 12.5. The van der Waals surface area contributed by atoms with Crippen LogP contribution in [0.3, 0.4) is 0 Å². The maximum atomic E-state index is 12.5. The van der Waals surface area contributed by atoms with Gasteiger partial charge >= 0.3 is 0 Å². The van der Waals surface area contributed by atoms with Gasteiger partial charge in [-0.25, -0.2) is 0 Å². The molecule has 0 spiro atoms. The number of rotatable bonds is 11. The minimum Gasteiger partial charge on any atom is -0.490 e. The van der Waals surface area contributed by atoms with Crippen LogP contribution in [0.25, 0.3) is 6.08 Å². The van der Waals surface area contributed by atoms with E-state index < -0.39 is 5.91 Å². The van der Waals surface area contributed by atoms with Crippen LogP contribution in [-0.2, 0) is 4.79 Å². The zero-order valence-corrected chi connectivity index (χ0v) is 19.1. The predicted molar refractivity (Wildman–Crippen MR) is 126 cm³/mol. The average Bonchev–Trinajstić information content (AvgIpc) is 2.75. The minimum atomic E-state index is -0.489. The molecule has 1 amide bonds. The third kappa shape index (κ3) is 7.66. The van der Waals surface area contributed by atoms with Gasteiger partial charge in [-0.3, -0.25) is 4.79 Å². The van der Waals surface area contributed by atoms with Crippen LogP contribution in [0, 0.1) is 18.3 Å². The number of carbonyl (C=O) groups is 1. The molecule has 31 heavy (non-hydrogen) atoms. The Bertz CT molecular complexity index is 946. The minimum absolute atomic E-state index is 0.0349. The molecule has 0 aromatic heterocycles. The number of amides is 1. The molecule has 0 aliphatic carbocycles. The van der Waals surface area contributed by atoms with Crippen LogP contribution in [0.1, 0.15) is 50.7 Å². The van der Waals surface area contributed by atoms with E-state index >= 15 is 0 Å². The van der Waals surface area contributed by atoms with Gasteiger partial charge in [0.15, 0.2) is 11.5 Å². The molecule has 1 N–H and O–H groups in total. The van der Waals surface area contributed by atoms with Crippen LogP contribution in [0.15, 0.2) is 42.0 Å². The van der Waals surface area contributed by atoms with Crippen LogP contribution < -0.4 is 14.8 Å². The highest BCUT2D eigenvalue weighted by Gasteiger charge is 2.15. The molecule has 0 saturated heterocycles. The largest absolute Gasteiger partial charge is 0.490 e. The lowest BCUT2D eigenvalue weighted by Gasteiger charge is -2.14. The summed E-state index contributed by atoms with van der Waals surface area (Å²) in [5.74, 6) is 0.490. The number of nitrogens with one attached hydrogen (secondary N) is 1. The molecule has 0 unspecified atom stereocenters. The van der Waals surface area contributed by atoms with Gasteiger partial charge in [-0.15, -0.1) is 0 Å². The summed E-state index contributed by atoms with van der Waals surface area (Å²) in [5.41, 5.74) is 2.26. The molecule has 6 heteroatoms. The van der Waals surface area contributed by atoms with Crippen LogP contribution >= 0.6 is 11.6 Å². The second kappa shape index (κ2) is 12.7. The monoisotopic (exact) mass is 440 g/mol. The lowest BCUT2D eigenvalue weighted by Crippen LogP contribution is -2.13. The van der Waals surface area contributed by atoms with E-state index in [0.29, 0.717) is 41.0 Å². The number of ether oxygens (including phenoxy) is 2. The van der Waals surface area contributed by atoms with Crippen molar-refractivity contribution in [2.45, 2.75) is 46.5 Å².